The van der Waals surface area contributed by atoms with Gasteiger partial charge >= 0.3 is 0 Å². The summed E-state index contributed by atoms with van der Waals surface area (Å²) in [5, 5.41) is 5.12. The number of amides is 1. The van der Waals surface area contributed by atoms with Crippen molar-refractivity contribution in [2.45, 2.75) is 19.9 Å². The molecule has 0 bridgehead atoms. The molecule has 3 aromatic heterocycles. The van der Waals surface area contributed by atoms with Crippen LogP contribution in [0.15, 0.2) is 22.3 Å². The number of carbonyl (C=O) groups excluding carboxylic acids is 1. The number of H-pyrrole nitrogens is 1. The predicted octanol–water partition coefficient (Wildman–Crippen LogP) is 1.83. The summed E-state index contributed by atoms with van der Waals surface area (Å²) in [7, 11) is 1.73. The molecule has 0 atom stereocenters. The van der Waals surface area contributed by atoms with Crippen molar-refractivity contribution in [2.75, 3.05) is 6.54 Å². The molecule has 23 heavy (non-hydrogen) atoms. The molecule has 0 aliphatic carbocycles. The third kappa shape index (κ3) is 2.19. The van der Waals surface area contributed by atoms with Gasteiger partial charge in [0, 0.05) is 30.7 Å². The van der Waals surface area contributed by atoms with Gasteiger partial charge in [-0.15, -0.1) is 11.3 Å². The Hall–Kier alpha value is -2.41. The zero-order valence-electron chi connectivity index (χ0n) is 12.9. The lowest BCUT2D eigenvalue weighted by atomic mass is 10.1. The zero-order valence-corrected chi connectivity index (χ0v) is 13.7. The van der Waals surface area contributed by atoms with E-state index in [2.05, 4.69) is 21.5 Å². The highest BCUT2D eigenvalue weighted by molar-refractivity contribution is 7.10. The number of thiophene rings is 1. The lowest BCUT2D eigenvalue weighted by Gasteiger charge is -2.27. The van der Waals surface area contributed by atoms with Crippen LogP contribution in [0.5, 0.6) is 0 Å². The number of carbonyl (C=O) groups is 1. The quantitative estimate of drug-likeness (QED) is 0.741. The summed E-state index contributed by atoms with van der Waals surface area (Å²) in [6.45, 7) is 3.12. The molecule has 1 amide bonds. The van der Waals surface area contributed by atoms with Crippen molar-refractivity contribution in [1.82, 2.24) is 19.7 Å². The molecule has 4 rings (SSSR count). The molecule has 0 radical (unpaired) electrons. The van der Waals surface area contributed by atoms with Crippen LogP contribution in [0.2, 0.25) is 0 Å². The van der Waals surface area contributed by atoms with Gasteiger partial charge < -0.3 is 4.90 Å². The molecule has 1 N–H and O–H groups in total. The number of fused-ring (bicyclic) bond motifs is 2. The van der Waals surface area contributed by atoms with Crippen LogP contribution in [0.1, 0.15) is 26.5 Å². The third-order valence-electron chi connectivity index (χ3n) is 4.27. The molecule has 0 saturated heterocycles. The maximum absolute atomic E-state index is 13.0. The van der Waals surface area contributed by atoms with Crippen LogP contribution in [-0.2, 0) is 20.0 Å². The van der Waals surface area contributed by atoms with Gasteiger partial charge in [-0.1, -0.05) is 0 Å². The summed E-state index contributed by atoms with van der Waals surface area (Å²) < 4.78 is 1.56. The van der Waals surface area contributed by atoms with E-state index in [1.165, 1.54) is 10.4 Å². The highest BCUT2D eigenvalue weighted by Crippen LogP contribution is 2.26. The van der Waals surface area contributed by atoms with Gasteiger partial charge in [-0.05, 0) is 36.4 Å². The molecule has 0 saturated carbocycles. The molecular weight excluding hydrogens is 312 g/mol. The molecule has 118 valence electrons. The van der Waals surface area contributed by atoms with Crippen LogP contribution in [0.4, 0.5) is 0 Å². The normalized spacial score (nSPS) is 14.3. The van der Waals surface area contributed by atoms with Gasteiger partial charge in [0.05, 0.1) is 10.9 Å². The third-order valence-corrected chi connectivity index (χ3v) is 5.29. The second kappa shape index (κ2) is 5.06. The fraction of sp³-hybridized carbons (Fsp3) is 0.312. The number of aromatic amines is 1. The van der Waals surface area contributed by atoms with Gasteiger partial charge in [0.25, 0.3) is 11.5 Å². The SMILES string of the molecule is Cc1cc(C(=O)N2CCc3sccc3C2)c2c(=O)[nH]n(C)c2n1. The van der Waals surface area contributed by atoms with Crippen molar-refractivity contribution in [3.05, 3.63) is 49.6 Å². The van der Waals surface area contributed by atoms with Gasteiger partial charge in [-0.3, -0.25) is 19.4 Å². The van der Waals surface area contributed by atoms with Crippen LogP contribution in [-0.4, -0.2) is 32.1 Å². The largest absolute Gasteiger partial charge is 0.334 e. The van der Waals surface area contributed by atoms with Gasteiger partial charge in [-0.2, -0.15) is 0 Å². The fourth-order valence-electron chi connectivity index (χ4n) is 3.15. The summed E-state index contributed by atoms with van der Waals surface area (Å²) in [5.41, 5.74) is 2.62. The molecule has 0 spiro atoms. The van der Waals surface area contributed by atoms with E-state index >= 15 is 0 Å². The first-order valence-corrected chi connectivity index (χ1v) is 8.33. The molecule has 0 unspecified atom stereocenters. The number of aromatic nitrogens is 3. The van der Waals surface area contributed by atoms with E-state index in [1.807, 2.05) is 11.8 Å². The molecular formula is C16H16N4O2S. The Kier molecular flexibility index (Phi) is 3.12. The van der Waals surface area contributed by atoms with E-state index in [0.29, 0.717) is 29.7 Å². The lowest BCUT2D eigenvalue weighted by Crippen LogP contribution is -2.35. The maximum Gasteiger partial charge on any atom is 0.274 e. The van der Waals surface area contributed by atoms with Gasteiger partial charge in [0.15, 0.2) is 5.65 Å². The second-order valence-corrected chi connectivity index (χ2v) is 6.86. The Morgan fingerprint density at radius 2 is 2.26 bits per heavy atom. The highest BCUT2D eigenvalue weighted by Gasteiger charge is 2.26. The second-order valence-electron chi connectivity index (χ2n) is 5.86. The first kappa shape index (κ1) is 14.2. The minimum Gasteiger partial charge on any atom is -0.334 e. The van der Waals surface area contributed by atoms with E-state index in [0.717, 1.165) is 12.1 Å². The molecule has 7 heteroatoms. The van der Waals surface area contributed by atoms with E-state index in [-0.39, 0.29) is 11.5 Å². The Morgan fingerprint density at radius 1 is 1.43 bits per heavy atom. The number of hydrogen-bond acceptors (Lipinski definition) is 4. The molecule has 4 heterocycles. The Labute approximate surface area is 136 Å². The summed E-state index contributed by atoms with van der Waals surface area (Å²) >= 11 is 1.74. The van der Waals surface area contributed by atoms with Crippen molar-refractivity contribution in [3.63, 3.8) is 0 Å². The van der Waals surface area contributed by atoms with E-state index in [9.17, 15) is 9.59 Å². The summed E-state index contributed by atoms with van der Waals surface area (Å²) in [5.74, 6) is -0.103. The standard InChI is InChI=1S/C16H16N4O2S/c1-9-7-11(13-14(17-9)19(2)18-15(13)21)16(22)20-5-3-12-10(8-20)4-6-23-12/h4,6-7H,3,5,8H2,1-2H3,(H,18,21). The minimum atomic E-state index is -0.272. The Morgan fingerprint density at radius 3 is 3.09 bits per heavy atom. The highest BCUT2D eigenvalue weighted by atomic mass is 32.1. The first-order valence-electron chi connectivity index (χ1n) is 7.45. The van der Waals surface area contributed by atoms with Crippen molar-refractivity contribution >= 4 is 28.3 Å². The van der Waals surface area contributed by atoms with Crippen LogP contribution in [0.25, 0.3) is 11.0 Å². The molecule has 0 aromatic carbocycles. The monoisotopic (exact) mass is 328 g/mol. The number of aryl methyl sites for hydroxylation is 2. The van der Waals surface area contributed by atoms with Gasteiger partial charge in [-0.25, -0.2) is 4.98 Å². The number of rotatable bonds is 1. The number of nitrogens with one attached hydrogen (secondary N) is 1. The van der Waals surface area contributed by atoms with Crippen LogP contribution < -0.4 is 5.56 Å². The van der Waals surface area contributed by atoms with Gasteiger partial charge in [0.2, 0.25) is 0 Å². The molecule has 1 aliphatic heterocycles. The molecule has 3 aromatic rings. The van der Waals surface area contributed by atoms with E-state index < -0.39 is 0 Å². The lowest BCUT2D eigenvalue weighted by molar-refractivity contribution is 0.0737. The number of hydrogen-bond donors (Lipinski definition) is 1. The van der Waals surface area contributed by atoms with Gasteiger partial charge in [0.1, 0.15) is 0 Å². The summed E-state index contributed by atoms with van der Waals surface area (Å²) in [6.07, 6.45) is 0.872. The average molecular weight is 328 g/mol. The van der Waals surface area contributed by atoms with E-state index in [1.54, 1.807) is 29.1 Å². The summed E-state index contributed by atoms with van der Waals surface area (Å²) in [6, 6.07) is 3.78. The molecule has 6 nitrogen and oxygen atoms in total. The van der Waals surface area contributed by atoms with Crippen molar-refractivity contribution in [2.24, 2.45) is 7.05 Å². The van der Waals surface area contributed by atoms with E-state index in [4.69, 9.17) is 0 Å². The smallest absolute Gasteiger partial charge is 0.274 e. The van der Waals surface area contributed by atoms with Crippen molar-refractivity contribution in [1.29, 1.82) is 0 Å². The first-order chi connectivity index (χ1) is 11.0. The minimum absolute atomic E-state index is 0.103. The molecule has 1 aliphatic rings. The van der Waals surface area contributed by atoms with Crippen molar-refractivity contribution in [3.8, 4) is 0 Å². The Balaban J connectivity index is 1.80. The number of nitrogens with zero attached hydrogens (tertiary/aromatic N) is 3. The zero-order chi connectivity index (χ0) is 16.1. The molecule has 0 fully saturated rings. The predicted molar refractivity (Wildman–Crippen MR) is 88.8 cm³/mol. The maximum atomic E-state index is 13.0. The Bertz CT molecular complexity index is 982. The summed E-state index contributed by atoms with van der Waals surface area (Å²) in [4.78, 5) is 32.7. The average Bonchev–Trinajstić information content (AvgIpc) is 3.10. The fourth-order valence-corrected chi connectivity index (χ4v) is 4.03. The van der Waals surface area contributed by atoms with Crippen LogP contribution in [0, 0.1) is 6.92 Å². The van der Waals surface area contributed by atoms with Crippen LogP contribution >= 0.6 is 11.3 Å². The topological polar surface area (TPSA) is 71.0 Å². The van der Waals surface area contributed by atoms with Crippen molar-refractivity contribution < 1.29 is 4.79 Å². The van der Waals surface area contributed by atoms with Crippen LogP contribution in [0.3, 0.4) is 0 Å². The number of pyridine rings is 1.